The predicted octanol–water partition coefficient (Wildman–Crippen LogP) is 4.10. The van der Waals surface area contributed by atoms with Gasteiger partial charge in [-0.05, 0) is 61.5 Å². The van der Waals surface area contributed by atoms with Crippen LogP contribution in [0.4, 0.5) is 5.69 Å². The van der Waals surface area contributed by atoms with Crippen LogP contribution < -0.4 is 10.7 Å². The van der Waals surface area contributed by atoms with Gasteiger partial charge in [0.2, 0.25) is 11.3 Å². The zero-order valence-corrected chi connectivity index (χ0v) is 19.4. The Bertz CT molecular complexity index is 1480. The minimum absolute atomic E-state index is 0.0856. The van der Waals surface area contributed by atoms with Crippen molar-refractivity contribution in [2.75, 3.05) is 11.9 Å². The molecule has 0 saturated carbocycles. The normalized spacial score (nSPS) is 10.7. The zero-order chi connectivity index (χ0) is 24.9. The molecule has 0 radical (unpaired) electrons. The van der Waals surface area contributed by atoms with Crippen molar-refractivity contribution in [2.45, 2.75) is 13.5 Å². The smallest absolute Gasteiger partial charge is 0.338 e. The zero-order valence-electron chi connectivity index (χ0n) is 18.7. The molecule has 9 heteroatoms. The third-order valence-corrected chi connectivity index (χ3v) is 5.46. The molecule has 8 nitrogen and oxygen atoms in total. The van der Waals surface area contributed by atoms with E-state index in [4.69, 9.17) is 16.3 Å². The SMILES string of the molecule is CCOC(=O)c1ccc(NC(=O)Cn2cc(C(=O)c3ccncc3)c(=O)c3cc(Cl)ccc32)cc1. The number of amides is 1. The molecule has 4 aromatic rings. The fourth-order valence-electron chi connectivity index (χ4n) is 3.58. The van der Waals surface area contributed by atoms with E-state index in [1.165, 1.54) is 41.4 Å². The van der Waals surface area contributed by atoms with E-state index in [2.05, 4.69) is 10.3 Å². The van der Waals surface area contributed by atoms with Crippen LogP contribution in [0, 0.1) is 0 Å². The lowest BCUT2D eigenvalue weighted by molar-refractivity contribution is -0.116. The van der Waals surface area contributed by atoms with Gasteiger partial charge >= 0.3 is 5.97 Å². The van der Waals surface area contributed by atoms with Crippen molar-refractivity contribution in [1.29, 1.82) is 0 Å². The predicted molar refractivity (Wildman–Crippen MR) is 132 cm³/mol. The number of fused-ring (bicyclic) bond motifs is 1. The van der Waals surface area contributed by atoms with Gasteiger partial charge in [0, 0.05) is 40.3 Å². The van der Waals surface area contributed by atoms with Crippen LogP contribution in [0.1, 0.15) is 33.2 Å². The van der Waals surface area contributed by atoms with Crippen molar-refractivity contribution >= 4 is 45.9 Å². The van der Waals surface area contributed by atoms with Crippen molar-refractivity contribution in [3.63, 3.8) is 0 Å². The highest BCUT2D eigenvalue weighted by atomic mass is 35.5. The minimum Gasteiger partial charge on any atom is -0.462 e. The van der Waals surface area contributed by atoms with Gasteiger partial charge in [-0.1, -0.05) is 11.6 Å². The van der Waals surface area contributed by atoms with Crippen LogP contribution in [0.3, 0.4) is 0 Å². The minimum atomic E-state index is -0.483. The van der Waals surface area contributed by atoms with Gasteiger partial charge in [0.05, 0.1) is 23.3 Å². The Kier molecular flexibility index (Phi) is 7.03. The van der Waals surface area contributed by atoms with E-state index >= 15 is 0 Å². The lowest BCUT2D eigenvalue weighted by Gasteiger charge is -2.14. The Labute approximate surface area is 205 Å². The molecule has 0 aliphatic carbocycles. The van der Waals surface area contributed by atoms with Crippen molar-refractivity contribution in [3.05, 3.63) is 105 Å². The van der Waals surface area contributed by atoms with Crippen LogP contribution in [0.15, 0.2) is 78.0 Å². The first-order valence-corrected chi connectivity index (χ1v) is 11.1. The summed E-state index contributed by atoms with van der Waals surface area (Å²) >= 11 is 6.11. The maximum Gasteiger partial charge on any atom is 0.338 e. The van der Waals surface area contributed by atoms with Crippen LogP contribution in [0.2, 0.25) is 5.02 Å². The Balaban J connectivity index is 1.65. The molecule has 4 rings (SSSR count). The summed E-state index contributed by atoms with van der Waals surface area (Å²) in [5.74, 6) is -1.32. The topological polar surface area (TPSA) is 107 Å². The van der Waals surface area contributed by atoms with Crippen LogP contribution >= 0.6 is 11.6 Å². The summed E-state index contributed by atoms with van der Waals surface area (Å²) < 4.78 is 6.49. The number of carbonyl (C=O) groups is 3. The third-order valence-electron chi connectivity index (χ3n) is 5.22. The molecule has 0 saturated heterocycles. The number of hydrogen-bond acceptors (Lipinski definition) is 6. The van der Waals surface area contributed by atoms with Gasteiger partial charge in [0.15, 0.2) is 5.78 Å². The Morgan fingerprint density at radius 1 is 1.00 bits per heavy atom. The molecule has 0 bridgehead atoms. The van der Waals surface area contributed by atoms with Gasteiger partial charge in [0.1, 0.15) is 6.54 Å². The highest BCUT2D eigenvalue weighted by molar-refractivity contribution is 6.31. The van der Waals surface area contributed by atoms with E-state index in [9.17, 15) is 19.2 Å². The molecule has 1 N–H and O–H groups in total. The van der Waals surface area contributed by atoms with E-state index in [0.29, 0.717) is 27.4 Å². The molecule has 2 heterocycles. The van der Waals surface area contributed by atoms with E-state index in [-0.39, 0.29) is 24.1 Å². The van der Waals surface area contributed by atoms with Crippen molar-refractivity contribution in [1.82, 2.24) is 9.55 Å². The first-order valence-electron chi connectivity index (χ1n) is 10.7. The number of carbonyl (C=O) groups excluding carboxylic acids is 3. The molecule has 35 heavy (non-hydrogen) atoms. The van der Waals surface area contributed by atoms with Crippen molar-refractivity contribution < 1.29 is 19.1 Å². The molecule has 0 spiro atoms. The first-order chi connectivity index (χ1) is 16.9. The molecule has 0 aliphatic heterocycles. The van der Waals surface area contributed by atoms with Crippen molar-refractivity contribution in [2.24, 2.45) is 0 Å². The number of pyridine rings is 2. The quantitative estimate of drug-likeness (QED) is 0.309. The van der Waals surface area contributed by atoms with Crippen LogP contribution in [-0.2, 0) is 16.1 Å². The summed E-state index contributed by atoms with van der Waals surface area (Å²) in [5.41, 5.74) is 1.04. The van der Waals surface area contributed by atoms with Crippen molar-refractivity contribution in [3.8, 4) is 0 Å². The van der Waals surface area contributed by atoms with Crippen LogP contribution in [0.5, 0.6) is 0 Å². The standard InChI is InChI=1S/C26H20ClN3O5/c1-2-35-26(34)17-3-6-19(7-4-17)29-23(31)15-30-14-21(24(32)16-9-11-28-12-10-16)25(33)20-13-18(27)5-8-22(20)30/h3-14H,2,15H2,1H3,(H,29,31). The maximum absolute atomic E-state index is 13.1. The fourth-order valence-corrected chi connectivity index (χ4v) is 3.75. The number of hydrogen-bond donors (Lipinski definition) is 1. The number of halogens is 1. The van der Waals surface area contributed by atoms with Crippen LogP contribution in [-0.4, -0.2) is 33.8 Å². The summed E-state index contributed by atoms with van der Waals surface area (Å²) in [6.45, 7) is 1.81. The second-order valence-electron chi connectivity index (χ2n) is 7.57. The number of nitrogens with one attached hydrogen (secondary N) is 1. The number of anilines is 1. The molecule has 1 amide bonds. The highest BCUT2D eigenvalue weighted by Crippen LogP contribution is 2.19. The second kappa shape index (κ2) is 10.3. The summed E-state index contributed by atoms with van der Waals surface area (Å²) in [6.07, 6.45) is 4.31. The number of esters is 1. The van der Waals surface area contributed by atoms with E-state index < -0.39 is 23.1 Å². The average Bonchev–Trinajstić information content (AvgIpc) is 2.86. The first kappa shape index (κ1) is 23.8. The van der Waals surface area contributed by atoms with Gasteiger partial charge in [-0.15, -0.1) is 0 Å². The largest absolute Gasteiger partial charge is 0.462 e. The Hall–Kier alpha value is -4.30. The number of benzene rings is 2. The summed E-state index contributed by atoms with van der Waals surface area (Å²) in [4.78, 5) is 54.7. The van der Waals surface area contributed by atoms with E-state index in [1.807, 2.05) is 0 Å². The van der Waals surface area contributed by atoms with Gasteiger partial charge in [-0.3, -0.25) is 19.4 Å². The highest BCUT2D eigenvalue weighted by Gasteiger charge is 2.18. The van der Waals surface area contributed by atoms with Crippen LogP contribution in [0.25, 0.3) is 10.9 Å². The fraction of sp³-hybridized carbons (Fsp3) is 0.115. The molecule has 2 aromatic carbocycles. The molecule has 0 fully saturated rings. The molecular formula is C26H20ClN3O5. The van der Waals surface area contributed by atoms with Gasteiger partial charge in [-0.25, -0.2) is 4.79 Å². The lowest BCUT2D eigenvalue weighted by Crippen LogP contribution is -2.24. The molecule has 0 atom stereocenters. The number of nitrogens with zero attached hydrogens (tertiary/aromatic N) is 2. The van der Waals surface area contributed by atoms with Gasteiger partial charge < -0.3 is 14.6 Å². The average molecular weight is 490 g/mol. The number of aromatic nitrogens is 2. The number of ether oxygens (including phenoxy) is 1. The van der Waals surface area contributed by atoms with Gasteiger partial charge in [-0.2, -0.15) is 0 Å². The van der Waals surface area contributed by atoms with Gasteiger partial charge in [0.25, 0.3) is 0 Å². The summed E-state index contributed by atoms with van der Waals surface area (Å²) in [6, 6.07) is 14.0. The van der Waals surface area contributed by atoms with E-state index in [1.54, 1.807) is 43.3 Å². The molecule has 2 aromatic heterocycles. The summed E-state index contributed by atoms with van der Waals surface area (Å²) in [5, 5.41) is 3.31. The lowest BCUT2D eigenvalue weighted by atomic mass is 10.0. The summed E-state index contributed by atoms with van der Waals surface area (Å²) in [7, 11) is 0. The third kappa shape index (κ3) is 5.28. The number of ketones is 1. The van der Waals surface area contributed by atoms with E-state index in [0.717, 1.165) is 0 Å². The molecule has 0 unspecified atom stereocenters. The number of rotatable bonds is 7. The maximum atomic E-state index is 13.1. The molecular weight excluding hydrogens is 470 g/mol. The molecule has 176 valence electrons. The monoisotopic (exact) mass is 489 g/mol. The Morgan fingerprint density at radius 2 is 1.71 bits per heavy atom. The Morgan fingerprint density at radius 3 is 2.40 bits per heavy atom. The second-order valence-corrected chi connectivity index (χ2v) is 8.01. The molecule has 0 aliphatic rings.